The summed E-state index contributed by atoms with van der Waals surface area (Å²) >= 11 is 1.61. The first-order valence-electron chi connectivity index (χ1n) is 8.47. The molecule has 0 spiro atoms. The third kappa shape index (κ3) is 3.63. The van der Waals surface area contributed by atoms with Crippen LogP contribution in [-0.4, -0.2) is 27.3 Å². The number of amidine groups is 1. The van der Waals surface area contributed by atoms with Gasteiger partial charge in [0, 0.05) is 11.8 Å². The molecule has 6 nitrogen and oxygen atoms in total. The second kappa shape index (κ2) is 7.13. The van der Waals surface area contributed by atoms with E-state index in [0.717, 1.165) is 26.8 Å². The van der Waals surface area contributed by atoms with Gasteiger partial charge in [-0.25, -0.2) is 15.0 Å². The van der Waals surface area contributed by atoms with Gasteiger partial charge in [-0.05, 0) is 29.8 Å². The lowest BCUT2D eigenvalue weighted by Crippen LogP contribution is -2.22. The number of aromatic nitrogens is 3. The summed E-state index contributed by atoms with van der Waals surface area (Å²) in [5, 5.41) is 13.6. The fraction of sp³-hybridized carbons (Fsp3) is 0.100. The van der Waals surface area contributed by atoms with Crippen molar-refractivity contribution in [1.29, 1.82) is 5.41 Å². The summed E-state index contributed by atoms with van der Waals surface area (Å²) in [6.07, 6.45) is 1.69. The molecular weight excluding hydrogens is 356 g/mol. The van der Waals surface area contributed by atoms with E-state index in [9.17, 15) is 0 Å². The number of nitrogens with one attached hydrogen (secondary N) is 2. The number of thiazole rings is 1. The zero-order valence-corrected chi connectivity index (χ0v) is 15.5. The minimum Gasteiger partial charge on any atom is -0.386 e. The highest BCUT2D eigenvalue weighted by Gasteiger charge is 2.13. The molecule has 0 amide bonds. The van der Waals surface area contributed by atoms with Crippen molar-refractivity contribution in [1.82, 2.24) is 15.0 Å². The van der Waals surface area contributed by atoms with Gasteiger partial charge in [0.25, 0.3) is 0 Å². The number of fused-ring (bicyclic) bond motifs is 1. The largest absolute Gasteiger partial charge is 0.386 e. The van der Waals surface area contributed by atoms with Crippen molar-refractivity contribution in [3.63, 3.8) is 0 Å². The highest BCUT2D eigenvalue weighted by atomic mass is 32.1. The lowest BCUT2D eigenvalue weighted by Gasteiger charge is -2.04. The van der Waals surface area contributed by atoms with Gasteiger partial charge in [0.1, 0.15) is 10.8 Å². The van der Waals surface area contributed by atoms with E-state index in [2.05, 4.69) is 45.6 Å². The van der Waals surface area contributed by atoms with Crippen molar-refractivity contribution >= 4 is 33.9 Å². The van der Waals surface area contributed by atoms with Crippen molar-refractivity contribution in [2.24, 2.45) is 5.73 Å². The number of hydrogen-bond acceptors (Lipinski definition) is 6. The van der Waals surface area contributed by atoms with E-state index in [-0.39, 0.29) is 12.4 Å². The molecule has 0 aliphatic heterocycles. The van der Waals surface area contributed by atoms with Crippen molar-refractivity contribution in [2.45, 2.75) is 6.92 Å². The molecular formula is C20H18N6S. The Hall–Kier alpha value is -3.32. The molecule has 0 bridgehead atoms. The van der Waals surface area contributed by atoms with Crippen LogP contribution in [-0.2, 0) is 0 Å². The van der Waals surface area contributed by atoms with Gasteiger partial charge in [-0.15, -0.1) is 11.3 Å². The molecule has 0 saturated carbocycles. The van der Waals surface area contributed by atoms with Crippen LogP contribution in [0.1, 0.15) is 5.69 Å². The Kier molecular flexibility index (Phi) is 4.52. The summed E-state index contributed by atoms with van der Waals surface area (Å²) < 4.78 is 0. The van der Waals surface area contributed by atoms with Crippen LogP contribution >= 0.6 is 11.3 Å². The van der Waals surface area contributed by atoms with Gasteiger partial charge in [0.2, 0.25) is 5.95 Å². The maximum atomic E-state index is 7.30. The molecule has 0 radical (unpaired) electrons. The summed E-state index contributed by atoms with van der Waals surface area (Å²) in [5.74, 6) is 0.485. The average Bonchev–Trinajstić information content (AvgIpc) is 3.08. The normalized spacial score (nSPS) is 10.9. The molecule has 2 aromatic heterocycles. The predicted octanol–water partition coefficient (Wildman–Crippen LogP) is 4.08. The average molecular weight is 374 g/mol. The number of nitrogens with two attached hydrogens (primary N) is 1. The minimum atomic E-state index is 0.0385. The molecule has 134 valence electrons. The molecule has 4 rings (SSSR count). The molecule has 0 unspecified atom stereocenters. The minimum absolute atomic E-state index is 0.0385. The Balaban J connectivity index is 1.68. The summed E-state index contributed by atoms with van der Waals surface area (Å²) in [6, 6.07) is 16.5. The molecule has 0 aliphatic rings. The van der Waals surface area contributed by atoms with Crippen LogP contribution in [0.25, 0.3) is 31.9 Å². The molecule has 7 heteroatoms. The first kappa shape index (κ1) is 17.1. The monoisotopic (exact) mass is 374 g/mol. The lowest BCUT2D eigenvalue weighted by atomic mass is 10.1. The lowest BCUT2D eigenvalue weighted by molar-refractivity contribution is 1.12. The van der Waals surface area contributed by atoms with Crippen LogP contribution in [0.3, 0.4) is 0 Å². The van der Waals surface area contributed by atoms with E-state index in [4.69, 9.17) is 16.1 Å². The highest BCUT2D eigenvalue weighted by molar-refractivity contribution is 7.18. The smallest absolute Gasteiger partial charge is 0.223 e. The summed E-state index contributed by atoms with van der Waals surface area (Å²) in [5.41, 5.74) is 8.21. The van der Waals surface area contributed by atoms with Gasteiger partial charge >= 0.3 is 0 Å². The molecule has 4 aromatic rings. The van der Waals surface area contributed by atoms with E-state index in [1.54, 1.807) is 17.5 Å². The van der Waals surface area contributed by atoms with Crippen LogP contribution in [0.5, 0.6) is 0 Å². The zero-order valence-electron chi connectivity index (χ0n) is 14.7. The van der Waals surface area contributed by atoms with Gasteiger partial charge in [0.15, 0.2) is 0 Å². The first-order chi connectivity index (χ1) is 13.1. The van der Waals surface area contributed by atoms with Crippen LogP contribution in [0, 0.1) is 12.3 Å². The van der Waals surface area contributed by atoms with Crippen molar-refractivity contribution < 1.29 is 0 Å². The van der Waals surface area contributed by atoms with Crippen molar-refractivity contribution in [2.75, 3.05) is 11.9 Å². The summed E-state index contributed by atoms with van der Waals surface area (Å²) in [6.45, 7) is 2.20. The van der Waals surface area contributed by atoms with Gasteiger partial charge in [0.05, 0.1) is 22.8 Å². The van der Waals surface area contributed by atoms with Crippen molar-refractivity contribution in [3.8, 4) is 21.1 Å². The molecule has 0 aliphatic carbocycles. The standard InChI is InChI=1S/C20H18N6S/c1-12-18(16-8-9-23-20(26-16)24-11-17(21)22)27-19(25-12)15-7-6-13-4-2-3-5-14(13)10-15/h2-10H,11H2,1H3,(H3,21,22)(H,23,24,26). The number of aryl methyl sites for hydroxylation is 1. The second-order valence-corrected chi connectivity index (χ2v) is 7.14. The second-order valence-electron chi connectivity index (χ2n) is 6.14. The Morgan fingerprint density at radius 2 is 1.93 bits per heavy atom. The Morgan fingerprint density at radius 1 is 1.11 bits per heavy atom. The highest BCUT2D eigenvalue weighted by Crippen LogP contribution is 2.35. The van der Waals surface area contributed by atoms with E-state index in [1.165, 1.54) is 10.8 Å². The molecule has 0 atom stereocenters. The maximum Gasteiger partial charge on any atom is 0.223 e. The number of hydrogen-bond donors (Lipinski definition) is 3. The van der Waals surface area contributed by atoms with Gasteiger partial charge < -0.3 is 11.1 Å². The van der Waals surface area contributed by atoms with Crippen LogP contribution in [0.2, 0.25) is 0 Å². The van der Waals surface area contributed by atoms with Crippen molar-refractivity contribution in [3.05, 3.63) is 60.4 Å². The Morgan fingerprint density at radius 3 is 2.74 bits per heavy atom. The van der Waals surface area contributed by atoms with Gasteiger partial charge in [-0.2, -0.15) is 0 Å². The van der Waals surface area contributed by atoms with Crippen LogP contribution < -0.4 is 11.1 Å². The topological polar surface area (TPSA) is 101 Å². The molecule has 0 fully saturated rings. The van der Waals surface area contributed by atoms with Crippen LogP contribution in [0.15, 0.2) is 54.7 Å². The molecule has 4 N–H and O–H groups in total. The number of anilines is 1. The van der Waals surface area contributed by atoms with E-state index >= 15 is 0 Å². The van der Waals surface area contributed by atoms with Crippen LogP contribution in [0.4, 0.5) is 5.95 Å². The third-order valence-electron chi connectivity index (χ3n) is 4.12. The molecule has 27 heavy (non-hydrogen) atoms. The van der Waals surface area contributed by atoms with Gasteiger partial charge in [-0.3, -0.25) is 5.41 Å². The van der Waals surface area contributed by atoms with E-state index < -0.39 is 0 Å². The number of benzene rings is 2. The first-order valence-corrected chi connectivity index (χ1v) is 9.28. The zero-order chi connectivity index (χ0) is 18.8. The Bertz CT molecular complexity index is 1130. The summed E-state index contributed by atoms with van der Waals surface area (Å²) in [7, 11) is 0. The van der Waals surface area contributed by atoms with E-state index in [0.29, 0.717) is 5.95 Å². The van der Waals surface area contributed by atoms with E-state index in [1.807, 2.05) is 25.1 Å². The fourth-order valence-electron chi connectivity index (χ4n) is 2.82. The Labute approximate surface area is 160 Å². The quantitative estimate of drug-likeness (QED) is 0.361. The number of rotatable bonds is 5. The SMILES string of the molecule is Cc1nc(-c2ccc3ccccc3c2)sc1-c1ccnc(NCC(=N)N)n1. The number of nitrogens with zero attached hydrogens (tertiary/aromatic N) is 3. The van der Waals surface area contributed by atoms with Gasteiger partial charge in [-0.1, -0.05) is 36.4 Å². The summed E-state index contributed by atoms with van der Waals surface area (Å²) in [4.78, 5) is 14.5. The fourth-order valence-corrected chi connectivity index (χ4v) is 3.86. The third-order valence-corrected chi connectivity index (χ3v) is 5.35. The predicted molar refractivity (Wildman–Crippen MR) is 111 cm³/mol. The maximum absolute atomic E-state index is 7.30. The molecule has 2 heterocycles. The molecule has 2 aromatic carbocycles. The molecule has 0 saturated heterocycles.